The fourth-order valence-electron chi connectivity index (χ4n) is 2.27. The summed E-state index contributed by atoms with van der Waals surface area (Å²) in [6, 6.07) is 16.5. The first-order valence-electron chi connectivity index (χ1n) is 8.30. The molecular formula is C21H21NO4. The van der Waals surface area contributed by atoms with Gasteiger partial charge in [0.1, 0.15) is 36.4 Å². The predicted octanol–water partition coefficient (Wildman–Crippen LogP) is 4.26. The van der Waals surface area contributed by atoms with E-state index in [9.17, 15) is 4.79 Å². The van der Waals surface area contributed by atoms with E-state index < -0.39 is 5.97 Å². The third-order valence-corrected chi connectivity index (χ3v) is 3.69. The summed E-state index contributed by atoms with van der Waals surface area (Å²) in [5.74, 6) is 0.599. The van der Waals surface area contributed by atoms with Crippen molar-refractivity contribution in [2.75, 3.05) is 13.2 Å². The average Bonchev–Trinajstić information content (AvgIpc) is 2.63. The fourth-order valence-corrected chi connectivity index (χ4v) is 2.27. The largest absolute Gasteiger partial charge is 0.490 e. The van der Waals surface area contributed by atoms with E-state index in [1.165, 1.54) is 11.6 Å². The van der Waals surface area contributed by atoms with Crippen LogP contribution in [0.4, 0.5) is 0 Å². The van der Waals surface area contributed by atoms with E-state index >= 15 is 0 Å². The molecule has 0 heterocycles. The molecule has 0 spiro atoms. The van der Waals surface area contributed by atoms with Gasteiger partial charge in [-0.1, -0.05) is 38.1 Å². The second-order valence-electron chi connectivity index (χ2n) is 5.97. The highest BCUT2D eigenvalue weighted by atomic mass is 16.5. The van der Waals surface area contributed by atoms with E-state index in [1.54, 1.807) is 30.3 Å². The zero-order chi connectivity index (χ0) is 18.9. The maximum atomic E-state index is 10.9. The van der Waals surface area contributed by atoms with Crippen molar-refractivity contribution >= 4 is 12.0 Å². The van der Waals surface area contributed by atoms with Gasteiger partial charge in [-0.05, 0) is 47.4 Å². The van der Waals surface area contributed by atoms with E-state index in [1.807, 2.05) is 24.3 Å². The molecule has 0 fully saturated rings. The third kappa shape index (κ3) is 5.67. The number of nitriles is 1. The Morgan fingerprint density at radius 1 is 1.12 bits per heavy atom. The van der Waals surface area contributed by atoms with E-state index in [4.69, 9.17) is 19.8 Å². The van der Waals surface area contributed by atoms with Gasteiger partial charge in [-0.25, -0.2) is 4.79 Å². The molecule has 5 nitrogen and oxygen atoms in total. The first-order valence-corrected chi connectivity index (χ1v) is 8.30. The van der Waals surface area contributed by atoms with Gasteiger partial charge < -0.3 is 14.6 Å². The maximum Gasteiger partial charge on any atom is 0.346 e. The minimum atomic E-state index is -1.25. The lowest BCUT2D eigenvalue weighted by molar-refractivity contribution is -0.132. The van der Waals surface area contributed by atoms with Crippen molar-refractivity contribution in [2.24, 2.45) is 0 Å². The molecule has 2 rings (SSSR count). The average molecular weight is 351 g/mol. The van der Waals surface area contributed by atoms with Crippen LogP contribution in [-0.2, 0) is 4.79 Å². The lowest BCUT2D eigenvalue weighted by atomic mass is 10.0. The molecule has 0 bridgehead atoms. The number of carboxylic acid groups (broad SMARTS) is 1. The lowest BCUT2D eigenvalue weighted by Gasteiger charge is -2.10. The summed E-state index contributed by atoms with van der Waals surface area (Å²) in [6.07, 6.45) is 1.31. The Bertz CT molecular complexity index is 817. The third-order valence-electron chi connectivity index (χ3n) is 3.69. The molecular weight excluding hydrogens is 330 g/mol. The molecule has 0 unspecified atom stereocenters. The molecule has 0 saturated heterocycles. The van der Waals surface area contributed by atoms with Gasteiger partial charge in [0, 0.05) is 0 Å². The molecule has 2 aromatic carbocycles. The molecule has 0 saturated carbocycles. The van der Waals surface area contributed by atoms with E-state index in [0.717, 1.165) is 5.75 Å². The van der Waals surface area contributed by atoms with Crippen molar-refractivity contribution in [1.29, 1.82) is 5.26 Å². The summed E-state index contributed by atoms with van der Waals surface area (Å²) < 4.78 is 11.3. The second-order valence-corrected chi connectivity index (χ2v) is 5.97. The van der Waals surface area contributed by atoms with Crippen LogP contribution in [-0.4, -0.2) is 24.3 Å². The molecule has 1 N–H and O–H groups in total. The van der Waals surface area contributed by atoms with Gasteiger partial charge in [0.15, 0.2) is 0 Å². The molecule has 5 heteroatoms. The van der Waals surface area contributed by atoms with Crippen molar-refractivity contribution in [1.82, 2.24) is 0 Å². The molecule has 0 atom stereocenters. The number of carbonyl (C=O) groups is 1. The standard InChI is InChI=1S/C21H21NO4/c1-15(2)17-6-8-19(9-7-17)25-10-11-26-20-5-3-4-16(13-20)12-18(14-22)21(23)24/h3-9,12-13,15H,10-11H2,1-2H3,(H,23,24). The van der Waals surface area contributed by atoms with Crippen molar-refractivity contribution < 1.29 is 19.4 Å². The molecule has 0 radical (unpaired) electrons. The molecule has 2 aromatic rings. The van der Waals surface area contributed by atoms with Crippen LogP contribution in [0.1, 0.15) is 30.9 Å². The Balaban J connectivity index is 1.87. The topological polar surface area (TPSA) is 79.5 Å². The van der Waals surface area contributed by atoms with Gasteiger partial charge in [-0.15, -0.1) is 0 Å². The highest BCUT2D eigenvalue weighted by molar-refractivity contribution is 5.96. The number of hydrogen-bond acceptors (Lipinski definition) is 4. The number of carboxylic acids is 1. The summed E-state index contributed by atoms with van der Waals surface area (Å²) in [7, 11) is 0. The van der Waals surface area contributed by atoms with Crippen LogP contribution < -0.4 is 9.47 Å². The van der Waals surface area contributed by atoms with Gasteiger partial charge in [-0.2, -0.15) is 5.26 Å². The van der Waals surface area contributed by atoms with E-state index in [-0.39, 0.29) is 5.57 Å². The monoisotopic (exact) mass is 351 g/mol. The summed E-state index contributed by atoms with van der Waals surface area (Å²) in [5.41, 5.74) is 1.53. The predicted molar refractivity (Wildman–Crippen MR) is 99.2 cm³/mol. The molecule has 0 aliphatic rings. The highest BCUT2D eigenvalue weighted by Crippen LogP contribution is 2.19. The van der Waals surface area contributed by atoms with Crippen LogP contribution in [0.25, 0.3) is 6.08 Å². The normalized spacial score (nSPS) is 11.1. The van der Waals surface area contributed by atoms with Gasteiger partial charge in [0.25, 0.3) is 0 Å². The highest BCUT2D eigenvalue weighted by Gasteiger charge is 2.06. The molecule has 0 aliphatic heterocycles. The van der Waals surface area contributed by atoms with Crippen LogP contribution in [0.5, 0.6) is 11.5 Å². The van der Waals surface area contributed by atoms with Gasteiger partial charge >= 0.3 is 5.97 Å². The first-order chi connectivity index (χ1) is 12.5. The number of hydrogen-bond donors (Lipinski definition) is 1. The molecule has 26 heavy (non-hydrogen) atoms. The van der Waals surface area contributed by atoms with Crippen LogP contribution in [0.3, 0.4) is 0 Å². The fraction of sp³-hybridized carbons (Fsp3) is 0.238. The summed E-state index contributed by atoms with van der Waals surface area (Å²) >= 11 is 0. The number of nitrogens with zero attached hydrogens (tertiary/aromatic N) is 1. The Morgan fingerprint density at radius 2 is 1.77 bits per heavy atom. The van der Waals surface area contributed by atoms with Crippen molar-refractivity contribution in [3.05, 3.63) is 65.2 Å². The molecule has 0 aliphatic carbocycles. The Morgan fingerprint density at radius 3 is 2.35 bits per heavy atom. The first kappa shape index (κ1) is 19.1. The second kappa shape index (κ2) is 9.28. The van der Waals surface area contributed by atoms with Crippen LogP contribution in [0.15, 0.2) is 54.1 Å². The van der Waals surface area contributed by atoms with Crippen molar-refractivity contribution in [3.63, 3.8) is 0 Å². The van der Waals surface area contributed by atoms with Crippen molar-refractivity contribution in [2.45, 2.75) is 19.8 Å². The van der Waals surface area contributed by atoms with Crippen LogP contribution in [0, 0.1) is 11.3 Å². The molecule has 0 amide bonds. The summed E-state index contributed by atoms with van der Waals surface area (Å²) in [5, 5.41) is 17.7. The maximum absolute atomic E-state index is 10.9. The van der Waals surface area contributed by atoms with Crippen LogP contribution in [0.2, 0.25) is 0 Å². The number of benzene rings is 2. The Hall–Kier alpha value is -3.26. The van der Waals surface area contributed by atoms with Gasteiger partial charge in [0.05, 0.1) is 0 Å². The van der Waals surface area contributed by atoms with Crippen LogP contribution >= 0.6 is 0 Å². The quantitative estimate of drug-likeness (QED) is 0.437. The minimum absolute atomic E-state index is 0.324. The molecule has 134 valence electrons. The van der Waals surface area contributed by atoms with E-state index in [0.29, 0.717) is 30.4 Å². The zero-order valence-electron chi connectivity index (χ0n) is 14.8. The lowest BCUT2D eigenvalue weighted by Crippen LogP contribution is -2.09. The van der Waals surface area contributed by atoms with Crippen molar-refractivity contribution in [3.8, 4) is 17.6 Å². The SMILES string of the molecule is CC(C)c1ccc(OCCOc2cccc(C=C(C#N)C(=O)O)c2)cc1. The smallest absolute Gasteiger partial charge is 0.346 e. The Kier molecular flexibility index (Phi) is 6.81. The number of aliphatic carboxylic acids is 1. The number of ether oxygens (including phenoxy) is 2. The van der Waals surface area contributed by atoms with Gasteiger partial charge in [0.2, 0.25) is 0 Å². The Labute approximate surface area is 153 Å². The number of rotatable bonds is 8. The summed E-state index contributed by atoms with van der Waals surface area (Å²) in [4.78, 5) is 10.9. The minimum Gasteiger partial charge on any atom is -0.490 e. The zero-order valence-corrected chi connectivity index (χ0v) is 14.8. The summed E-state index contributed by atoms with van der Waals surface area (Å²) in [6.45, 7) is 5.02. The van der Waals surface area contributed by atoms with Gasteiger partial charge in [-0.3, -0.25) is 0 Å². The molecule has 0 aromatic heterocycles. The van der Waals surface area contributed by atoms with E-state index in [2.05, 4.69) is 13.8 Å².